The van der Waals surface area contributed by atoms with Gasteiger partial charge in [-0.2, -0.15) is 5.10 Å². The summed E-state index contributed by atoms with van der Waals surface area (Å²) < 4.78 is 0. The summed E-state index contributed by atoms with van der Waals surface area (Å²) in [7, 11) is 0. The standard InChI is InChI=1S/C14H16N6O3/c21-11(9-15-12-13(22)17-14(23)20-19-12)18-16-8-4-7-10-5-2-1-3-6-10/h1-3,5-6,8H,4,7,9H2,(H,15,19)(H,18,21)(H2,17,20,22,23)/b16-8+. The van der Waals surface area contributed by atoms with Crippen molar-refractivity contribution in [1.29, 1.82) is 0 Å². The van der Waals surface area contributed by atoms with E-state index in [1.807, 2.05) is 35.3 Å². The first-order chi connectivity index (χ1) is 11.1. The molecule has 0 aliphatic rings. The van der Waals surface area contributed by atoms with E-state index in [0.717, 1.165) is 6.42 Å². The molecule has 120 valence electrons. The summed E-state index contributed by atoms with van der Waals surface area (Å²) in [5.74, 6) is -0.582. The van der Waals surface area contributed by atoms with Gasteiger partial charge in [-0.05, 0) is 18.4 Å². The number of anilines is 1. The molecule has 0 fully saturated rings. The van der Waals surface area contributed by atoms with Crippen molar-refractivity contribution < 1.29 is 4.79 Å². The molecule has 1 aromatic heterocycles. The van der Waals surface area contributed by atoms with E-state index < -0.39 is 17.2 Å². The highest BCUT2D eigenvalue weighted by Gasteiger charge is 2.04. The minimum absolute atomic E-state index is 0.146. The van der Waals surface area contributed by atoms with Crippen LogP contribution in [0, 0.1) is 0 Å². The topological polar surface area (TPSA) is 132 Å². The van der Waals surface area contributed by atoms with Crippen LogP contribution in [0.2, 0.25) is 0 Å². The van der Waals surface area contributed by atoms with Crippen molar-refractivity contribution in [1.82, 2.24) is 20.6 Å². The van der Waals surface area contributed by atoms with Crippen molar-refractivity contribution in [3.63, 3.8) is 0 Å². The second kappa shape index (κ2) is 8.27. The van der Waals surface area contributed by atoms with Crippen LogP contribution in [0.25, 0.3) is 0 Å². The van der Waals surface area contributed by atoms with Crippen LogP contribution in [0.1, 0.15) is 12.0 Å². The first-order valence-electron chi connectivity index (χ1n) is 6.92. The summed E-state index contributed by atoms with van der Waals surface area (Å²) in [4.78, 5) is 35.6. The maximum atomic E-state index is 11.5. The Morgan fingerprint density at radius 1 is 1.26 bits per heavy atom. The molecule has 0 radical (unpaired) electrons. The lowest BCUT2D eigenvalue weighted by Gasteiger charge is -2.02. The molecule has 0 atom stereocenters. The largest absolute Gasteiger partial charge is 0.355 e. The first kappa shape index (κ1) is 16.1. The van der Waals surface area contributed by atoms with E-state index in [1.54, 1.807) is 6.21 Å². The highest BCUT2D eigenvalue weighted by Crippen LogP contribution is 2.00. The number of hydrazone groups is 1. The Bertz CT molecular complexity index is 781. The summed E-state index contributed by atoms with van der Waals surface area (Å²) in [5.41, 5.74) is 2.10. The summed E-state index contributed by atoms with van der Waals surface area (Å²) in [6, 6.07) is 9.92. The fourth-order valence-corrected chi connectivity index (χ4v) is 1.73. The SMILES string of the molecule is O=C(CNc1n[nH]c(=O)[nH]c1=O)N/N=C/CCc1ccccc1. The fraction of sp³-hybridized carbons (Fsp3) is 0.214. The number of rotatable bonds is 7. The number of H-pyrrole nitrogens is 2. The normalized spacial score (nSPS) is 10.6. The smallest absolute Gasteiger partial charge is 0.342 e. The average molecular weight is 316 g/mol. The number of aromatic nitrogens is 3. The molecular formula is C14H16N6O3. The number of hydrogen-bond donors (Lipinski definition) is 4. The van der Waals surface area contributed by atoms with Gasteiger partial charge in [0.2, 0.25) is 5.82 Å². The molecule has 2 aromatic rings. The quantitative estimate of drug-likeness (QED) is 0.408. The van der Waals surface area contributed by atoms with Crippen molar-refractivity contribution in [2.75, 3.05) is 11.9 Å². The Balaban J connectivity index is 1.69. The van der Waals surface area contributed by atoms with Gasteiger partial charge in [0.25, 0.3) is 11.5 Å². The van der Waals surface area contributed by atoms with E-state index in [4.69, 9.17) is 0 Å². The zero-order valence-electron chi connectivity index (χ0n) is 12.2. The molecule has 0 aliphatic carbocycles. The Labute approximate surface area is 130 Å². The Morgan fingerprint density at radius 2 is 2.04 bits per heavy atom. The second-order valence-corrected chi connectivity index (χ2v) is 4.58. The molecular weight excluding hydrogens is 300 g/mol. The molecule has 0 unspecified atom stereocenters. The predicted molar refractivity (Wildman–Crippen MR) is 85.4 cm³/mol. The van der Waals surface area contributed by atoms with E-state index >= 15 is 0 Å². The van der Waals surface area contributed by atoms with Crippen LogP contribution in [0.5, 0.6) is 0 Å². The van der Waals surface area contributed by atoms with Gasteiger partial charge in [-0.1, -0.05) is 30.3 Å². The number of amides is 1. The number of carbonyl (C=O) groups excluding carboxylic acids is 1. The van der Waals surface area contributed by atoms with Gasteiger partial charge < -0.3 is 5.32 Å². The van der Waals surface area contributed by atoms with E-state index in [1.165, 1.54) is 5.56 Å². The summed E-state index contributed by atoms with van der Waals surface area (Å²) in [6.45, 7) is -0.196. The number of aryl methyl sites for hydroxylation is 1. The van der Waals surface area contributed by atoms with Gasteiger partial charge in [-0.25, -0.2) is 15.3 Å². The molecule has 0 bridgehead atoms. The Kier molecular flexibility index (Phi) is 5.81. The van der Waals surface area contributed by atoms with Crippen molar-refractivity contribution in [2.45, 2.75) is 12.8 Å². The molecule has 23 heavy (non-hydrogen) atoms. The Morgan fingerprint density at radius 3 is 2.78 bits per heavy atom. The highest BCUT2D eigenvalue weighted by atomic mass is 16.2. The van der Waals surface area contributed by atoms with Crippen LogP contribution < -0.4 is 22.0 Å². The number of nitrogens with zero attached hydrogens (tertiary/aromatic N) is 2. The third kappa shape index (κ3) is 5.58. The first-order valence-corrected chi connectivity index (χ1v) is 6.92. The zero-order valence-corrected chi connectivity index (χ0v) is 12.2. The monoisotopic (exact) mass is 316 g/mol. The number of benzene rings is 1. The molecule has 0 spiro atoms. The van der Waals surface area contributed by atoms with Gasteiger partial charge in [0.05, 0.1) is 6.54 Å². The fourth-order valence-electron chi connectivity index (χ4n) is 1.73. The predicted octanol–water partition coefficient (Wildman–Crippen LogP) is -0.395. The number of hydrogen-bond acceptors (Lipinski definition) is 6. The van der Waals surface area contributed by atoms with E-state index in [9.17, 15) is 14.4 Å². The lowest BCUT2D eigenvalue weighted by Crippen LogP contribution is -2.31. The van der Waals surface area contributed by atoms with Gasteiger partial charge in [0, 0.05) is 6.21 Å². The van der Waals surface area contributed by atoms with Gasteiger partial charge in [0.1, 0.15) is 0 Å². The van der Waals surface area contributed by atoms with Crippen LogP contribution in [-0.2, 0) is 11.2 Å². The van der Waals surface area contributed by atoms with Gasteiger partial charge in [0.15, 0.2) is 0 Å². The second-order valence-electron chi connectivity index (χ2n) is 4.58. The molecule has 0 saturated carbocycles. The van der Waals surface area contributed by atoms with E-state index in [-0.39, 0.29) is 12.4 Å². The van der Waals surface area contributed by atoms with Crippen LogP contribution in [0.3, 0.4) is 0 Å². The molecule has 1 heterocycles. The van der Waals surface area contributed by atoms with Crippen molar-refractivity contribution in [3.05, 3.63) is 56.7 Å². The van der Waals surface area contributed by atoms with Crippen molar-refractivity contribution >= 4 is 17.9 Å². The molecule has 0 saturated heterocycles. The third-order valence-electron chi connectivity index (χ3n) is 2.81. The maximum Gasteiger partial charge on any atom is 0.342 e. The number of nitrogens with one attached hydrogen (secondary N) is 4. The van der Waals surface area contributed by atoms with Crippen LogP contribution in [0.4, 0.5) is 5.82 Å². The van der Waals surface area contributed by atoms with E-state index in [0.29, 0.717) is 6.42 Å². The van der Waals surface area contributed by atoms with Gasteiger partial charge in [-0.15, -0.1) is 5.10 Å². The molecule has 0 aliphatic heterocycles. The zero-order chi connectivity index (χ0) is 16.5. The highest BCUT2D eigenvalue weighted by molar-refractivity contribution is 5.80. The van der Waals surface area contributed by atoms with Crippen molar-refractivity contribution in [3.8, 4) is 0 Å². The van der Waals surface area contributed by atoms with Crippen LogP contribution >= 0.6 is 0 Å². The third-order valence-corrected chi connectivity index (χ3v) is 2.81. The van der Waals surface area contributed by atoms with Gasteiger partial charge >= 0.3 is 5.69 Å². The minimum Gasteiger partial charge on any atom is -0.355 e. The Hall–Kier alpha value is -3.23. The maximum absolute atomic E-state index is 11.5. The molecule has 1 aromatic carbocycles. The average Bonchev–Trinajstić information content (AvgIpc) is 2.54. The summed E-state index contributed by atoms with van der Waals surface area (Å²) in [5, 5.41) is 11.8. The molecule has 9 heteroatoms. The lowest BCUT2D eigenvalue weighted by molar-refractivity contribution is -0.119. The molecule has 9 nitrogen and oxygen atoms in total. The lowest BCUT2D eigenvalue weighted by atomic mass is 10.1. The molecule has 4 N–H and O–H groups in total. The van der Waals surface area contributed by atoms with Crippen molar-refractivity contribution in [2.24, 2.45) is 5.10 Å². The summed E-state index contributed by atoms with van der Waals surface area (Å²) >= 11 is 0. The van der Waals surface area contributed by atoms with E-state index in [2.05, 4.69) is 26.0 Å². The summed E-state index contributed by atoms with van der Waals surface area (Å²) in [6.07, 6.45) is 3.13. The van der Waals surface area contributed by atoms with Crippen LogP contribution in [-0.4, -0.2) is 33.8 Å². The number of aromatic amines is 2. The molecule has 1 amide bonds. The minimum atomic E-state index is -0.715. The van der Waals surface area contributed by atoms with Gasteiger partial charge in [-0.3, -0.25) is 14.6 Å². The van der Waals surface area contributed by atoms with Crippen LogP contribution in [0.15, 0.2) is 45.0 Å². The number of carbonyl (C=O) groups is 1. The molecule has 2 rings (SSSR count).